The van der Waals surface area contributed by atoms with Crippen molar-refractivity contribution >= 4 is 6.03 Å². The number of morpholine rings is 1. The summed E-state index contributed by atoms with van der Waals surface area (Å²) in [6.45, 7) is 4.43. The van der Waals surface area contributed by atoms with E-state index in [1.54, 1.807) is 18.2 Å². The third-order valence-corrected chi connectivity index (χ3v) is 4.38. The van der Waals surface area contributed by atoms with Gasteiger partial charge < -0.3 is 19.3 Å². The minimum Gasteiger partial charge on any atom is -0.490 e. The Hall–Kier alpha value is -1.82. The van der Waals surface area contributed by atoms with Crippen molar-refractivity contribution in [1.82, 2.24) is 9.80 Å². The number of rotatable bonds is 3. The van der Waals surface area contributed by atoms with Crippen LogP contribution in [0.4, 0.5) is 9.18 Å². The van der Waals surface area contributed by atoms with Gasteiger partial charge in [-0.25, -0.2) is 9.18 Å². The molecule has 2 fully saturated rings. The minimum atomic E-state index is -0.343. The number of piperidine rings is 1. The summed E-state index contributed by atoms with van der Waals surface area (Å²) in [4.78, 5) is 16.3. The Morgan fingerprint density at radius 2 is 2.00 bits per heavy atom. The van der Waals surface area contributed by atoms with Gasteiger partial charge in [-0.2, -0.15) is 0 Å². The average Bonchev–Trinajstić information content (AvgIpc) is 2.61. The van der Waals surface area contributed by atoms with Gasteiger partial charge in [0.05, 0.1) is 19.8 Å². The average molecular weight is 322 g/mol. The van der Waals surface area contributed by atoms with E-state index in [1.165, 1.54) is 6.07 Å². The van der Waals surface area contributed by atoms with Gasteiger partial charge in [0.25, 0.3) is 0 Å². The second kappa shape index (κ2) is 7.64. The standard InChI is InChI=1S/C17H23FN2O3/c18-15-5-1-2-6-16(15)23-13-14-4-3-7-20(12-14)17(21)19-8-10-22-11-9-19/h1-2,5-6,14H,3-4,7-13H2. The number of hydrogen-bond donors (Lipinski definition) is 0. The topological polar surface area (TPSA) is 42.0 Å². The summed E-state index contributed by atoms with van der Waals surface area (Å²) < 4.78 is 24.5. The van der Waals surface area contributed by atoms with Crippen LogP contribution < -0.4 is 4.74 Å². The Morgan fingerprint density at radius 3 is 2.78 bits per heavy atom. The number of hydrogen-bond acceptors (Lipinski definition) is 3. The van der Waals surface area contributed by atoms with Crippen LogP contribution in [0.3, 0.4) is 0 Å². The number of nitrogens with zero attached hydrogens (tertiary/aromatic N) is 2. The van der Waals surface area contributed by atoms with Crippen LogP contribution in [0, 0.1) is 11.7 Å². The first kappa shape index (κ1) is 16.1. The molecule has 3 rings (SSSR count). The normalized spacial score (nSPS) is 22.0. The molecule has 2 aliphatic heterocycles. The molecule has 2 heterocycles. The largest absolute Gasteiger partial charge is 0.490 e. The van der Waals surface area contributed by atoms with Gasteiger partial charge in [-0.05, 0) is 25.0 Å². The van der Waals surface area contributed by atoms with Crippen LogP contribution in [-0.4, -0.2) is 61.8 Å². The molecule has 1 aromatic carbocycles. The van der Waals surface area contributed by atoms with Crippen LogP contribution >= 0.6 is 0 Å². The van der Waals surface area contributed by atoms with Crippen molar-refractivity contribution in [3.63, 3.8) is 0 Å². The van der Waals surface area contributed by atoms with Crippen LogP contribution in [-0.2, 0) is 4.74 Å². The number of amides is 2. The summed E-state index contributed by atoms with van der Waals surface area (Å²) >= 11 is 0. The van der Waals surface area contributed by atoms with Crippen molar-refractivity contribution in [2.45, 2.75) is 12.8 Å². The van der Waals surface area contributed by atoms with E-state index in [-0.39, 0.29) is 23.5 Å². The molecule has 1 unspecified atom stereocenters. The summed E-state index contributed by atoms with van der Waals surface area (Å²) in [5.74, 6) is 0.182. The van der Waals surface area contributed by atoms with Crippen molar-refractivity contribution in [2.75, 3.05) is 46.0 Å². The molecule has 0 spiro atoms. The number of carbonyl (C=O) groups excluding carboxylic acids is 1. The molecule has 126 valence electrons. The minimum absolute atomic E-state index is 0.0869. The maximum absolute atomic E-state index is 13.6. The maximum atomic E-state index is 13.6. The predicted octanol–water partition coefficient (Wildman–Crippen LogP) is 2.37. The van der Waals surface area contributed by atoms with Gasteiger partial charge in [0.1, 0.15) is 0 Å². The number of carbonyl (C=O) groups is 1. The molecule has 0 radical (unpaired) electrons. The molecule has 0 aliphatic carbocycles. The quantitative estimate of drug-likeness (QED) is 0.858. The van der Waals surface area contributed by atoms with Crippen LogP contribution in [0.1, 0.15) is 12.8 Å². The van der Waals surface area contributed by atoms with E-state index in [0.717, 1.165) is 19.4 Å². The summed E-state index contributed by atoms with van der Waals surface area (Å²) in [5.41, 5.74) is 0. The lowest BCUT2D eigenvalue weighted by Gasteiger charge is -2.37. The lowest BCUT2D eigenvalue weighted by atomic mass is 9.99. The van der Waals surface area contributed by atoms with E-state index in [9.17, 15) is 9.18 Å². The van der Waals surface area contributed by atoms with Crippen LogP contribution in [0.2, 0.25) is 0 Å². The molecule has 6 heteroatoms. The second-order valence-electron chi connectivity index (χ2n) is 6.08. The molecule has 0 bridgehead atoms. The molecule has 0 N–H and O–H groups in total. The number of benzene rings is 1. The van der Waals surface area contributed by atoms with Gasteiger partial charge in [0.2, 0.25) is 0 Å². The Bertz CT molecular complexity index is 534. The molecule has 0 aromatic heterocycles. The summed E-state index contributed by atoms with van der Waals surface area (Å²) in [6.07, 6.45) is 1.96. The number of para-hydroxylation sites is 1. The van der Waals surface area contributed by atoms with Gasteiger partial charge >= 0.3 is 6.03 Å². The first-order valence-electron chi connectivity index (χ1n) is 8.23. The van der Waals surface area contributed by atoms with Crippen molar-refractivity contribution in [3.05, 3.63) is 30.1 Å². The third kappa shape index (κ3) is 4.13. The monoisotopic (exact) mass is 322 g/mol. The lowest BCUT2D eigenvalue weighted by molar-refractivity contribution is 0.0373. The van der Waals surface area contributed by atoms with Gasteiger partial charge in [-0.15, -0.1) is 0 Å². The summed E-state index contributed by atoms with van der Waals surface area (Å²) in [5, 5.41) is 0. The van der Waals surface area contributed by atoms with E-state index in [1.807, 2.05) is 9.80 Å². The van der Waals surface area contributed by atoms with Crippen molar-refractivity contribution in [2.24, 2.45) is 5.92 Å². The van der Waals surface area contributed by atoms with Gasteiger partial charge in [-0.1, -0.05) is 12.1 Å². The van der Waals surface area contributed by atoms with Crippen LogP contribution in [0.5, 0.6) is 5.75 Å². The first-order valence-corrected chi connectivity index (χ1v) is 8.23. The molecular weight excluding hydrogens is 299 g/mol. The second-order valence-corrected chi connectivity index (χ2v) is 6.08. The van der Waals surface area contributed by atoms with Gasteiger partial charge in [0, 0.05) is 32.1 Å². The number of ether oxygens (including phenoxy) is 2. The fourth-order valence-corrected chi connectivity index (χ4v) is 3.10. The third-order valence-electron chi connectivity index (χ3n) is 4.38. The predicted molar refractivity (Wildman–Crippen MR) is 84.0 cm³/mol. The highest BCUT2D eigenvalue weighted by atomic mass is 19.1. The molecule has 23 heavy (non-hydrogen) atoms. The van der Waals surface area contributed by atoms with E-state index < -0.39 is 0 Å². The fourth-order valence-electron chi connectivity index (χ4n) is 3.10. The molecule has 1 atom stereocenters. The summed E-state index contributed by atoms with van der Waals surface area (Å²) in [7, 11) is 0. The van der Waals surface area contributed by atoms with Crippen molar-refractivity contribution in [3.8, 4) is 5.75 Å². The Kier molecular flexibility index (Phi) is 5.33. The van der Waals surface area contributed by atoms with E-state index in [0.29, 0.717) is 39.5 Å². The van der Waals surface area contributed by atoms with Gasteiger partial charge in [-0.3, -0.25) is 0 Å². The van der Waals surface area contributed by atoms with Gasteiger partial charge in [0.15, 0.2) is 11.6 Å². The molecule has 2 amide bonds. The molecule has 0 saturated carbocycles. The van der Waals surface area contributed by atoms with E-state index >= 15 is 0 Å². The molecular formula is C17H23FN2O3. The SMILES string of the molecule is O=C(N1CCOCC1)N1CCCC(COc2ccccc2F)C1. The van der Waals surface area contributed by atoms with Crippen molar-refractivity contribution in [1.29, 1.82) is 0 Å². The van der Waals surface area contributed by atoms with Crippen molar-refractivity contribution < 1.29 is 18.7 Å². The van der Waals surface area contributed by atoms with E-state index in [4.69, 9.17) is 9.47 Å². The highest BCUT2D eigenvalue weighted by Gasteiger charge is 2.28. The Morgan fingerprint density at radius 1 is 1.22 bits per heavy atom. The number of halogens is 1. The van der Waals surface area contributed by atoms with E-state index in [2.05, 4.69) is 0 Å². The Balaban J connectivity index is 1.51. The highest BCUT2D eigenvalue weighted by molar-refractivity contribution is 5.74. The highest BCUT2D eigenvalue weighted by Crippen LogP contribution is 2.21. The smallest absolute Gasteiger partial charge is 0.320 e. The fraction of sp³-hybridized carbons (Fsp3) is 0.588. The maximum Gasteiger partial charge on any atom is 0.320 e. The molecule has 2 aliphatic rings. The van der Waals surface area contributed by atoms with Crippen LogP contribution in [0.25, 0.3) is 0 Å². The molecule has 1 aromatic rings. The molecule has 5 nitrogen and oxygen atoms in total. The van der Waals surface area contributed by atoms with Crippen LogP contribution in [0.15, 0.2) is 24.3 Å². The zero-order chi connectivity index (χ0) is 16.1. The number of urea groups is 1. The Labute approximate surface area is 136 Å². The molecule has 2 saturated heterocycles. The number of likely N-dealkylation sites (tertiary alicyclic amines) is 1. The summed E-state index contributed by atoms with van der Waals surface area (Å²) in [6, 6.07) is 6.52. The zero-order valence-corrected chi connectivity index (χ0v) is 13.2. The lowest BCUT2D eigenvalue weighted by Crippen LogP contribution is -2.51. The first-order chi connectivity index (χ1) is 11.2. The zero-order valence-electron chi connectivity index (χ0n) is 13.2.